The Hall–Kier alpha value is -2.10. The van der Waals surface area contributed by atoms with Crippen molar-refractivity contribution in [3.05, 3.63) is 24.5 Å². The molecule has 2 aromatic rings. The van der Waals surface area contributed by atoms with E-state index in [4.69, 9.17) is 0 Å². The topological polar surface area (TPSA) is 72.7 Å². The quantitative estimate of drug-likeness (QED) is 0.791. The van der Waals surface area contributed by atoms with E-state index in [1.54, 1.807) is 19.1 Å². The average Bonchev–Trinajstić information content (AvgIpc) is 3.29. The highest BCUT2D eigenvalue weighted by Crippen LogP contribution is 2.30. The molecule has 0 bridgehead atoms. The summed E-state index contributed by atoms with van der Waals surface area (Å²) in [7, 11) is 0. The fraction of sp³-hybridized carbons (Fsp3) is 0.467. The van der Waals surface area contributed by atoms with E-state index in [0.29, 0.717) is 5.56 Å². The van der Waals surface area contributed by atoms with Gasteiger partial charge in [-0.05, 0) is 31.9 Å². The molecule has 0 radical (unpaired) electrons. The van der Waals surface area contributed by atoms with Gasteiger partial charge in [0.1, 0.15) is 6.54 Å². The summed E-state index contributed by atoms with van der Waals surface area (Å²) in [6, 6.07) is 3.32. The monoisotopic (exact) mass is 371 g/mol. The molecule has 2 aromatic heterocycles. The minimum atomic E-state index is -4.43. The lowest BCUT2D eigenvalue weighted by molar-refractivity contribution is -0.141. The molecular weight excluding hydrogens is 355 g/mol. The number of hydrogen-bond acceptors (Lipinski definition) is 5. The first-order valence-electron chi connectivity index (χ1n) is 7.71. The van der Waals surface area contributed by atoms with Gasteiger partial charge in [-0.1, -0.05) is 11.8 Å². The van der Waals surface area contributed by atoms with E-state index in [9.17, 15) is 18.0 Å². The summed E-state index contributed by atoms with van der Waals surface area (Å²) in [5, 5.41) is 10.1. The number of amides is 1. The lowest BCUT2D eigenvalue weighted by Crippen LogP contribution is -2.32. The Balaban J connectivity index is 1.85. The van der Waals surface area contributed by atoms with E-state index >= 15 is 0 Å². The molecule has 25 heavy (non-hydrogen) atoms. The highest BCUT2D eigenvalue weighted by atomic mass is 32.2. The first-order chi connectivity index (χ1) is 11.8. The van der Waals surface area contributed by atoms with Gasteiger partial charge in [0.15, 0.2) is 11.0 Å². The van der Waals surface area contributed by atoms with E-state index in [1.807, 2.05) is 0 Å². The second-order valence-corrected chi connectivity index (χ2v) is 7.09. The summed E-state index contributed by atoms with van der Waals surface area (Å²) >= 11 is 0.966. The number of aromatic nitrogens is 4. The van der Waals surface area contributed by atoms with Crippen molar-refractivity contribution in [3.8, 4) is 11.4 Å². The summed E-state index contributed by atoms with van der Waals surface area (Å²) < 4.78 is 40.0. The van der Waals surface area contributed by atoms with Crippen molar-refractivity contribution in [2.75, 3.05) is 0 Å². The van der Waals surface area contributed by atoms with Crippen LogP contribution in [0.5, 0.6) is 0 Å². The zero-order valence-electron chi connectivity index (χ0n) is 13.3. The van der Waals surface area contributed by atoms with Crippen molar-refractivity contribution in [2.24, 2.45) is 0 Å². The van der Waals surface area contributed by atoms with Crippen molar-refractivity contribution >= 4 is 17.7 Å². The van der Waals surface area contributed by atoms with Gasteiger partial charge in [0.2, 0.25) is 5.91 Å². The Morgan fingerprint density at radius 1 is 1.36 bits per heavy atom. The molecule has 0 aromatic carbocycles. The Morgan fingerprint density at radius 2 is 2.04 bits per heavy atom. The minimum Gasteiger partial charge on any atom is -0.352 e. The predicted molar refractivity (Wildman–Crippen MR) is 85.8 cm³/mol. The van der Waals surface area contributed by atoms with Gasteiger partial charge in [0, 0.05) is 24.0 Å². The molecule has 0 unspecified atom stereocenters. The smallest absolute Gasteiger partial charge is 0.352 e. The maximum atomic E-state index is 13.0. The van der Waals surface area contributed by atoms with Gasteiger partial charge in [0.25, 0.3) is 0 Å². The van der Waals surface area contributed by atoms with Crippen LogP contribution >= 0.6 is 11.8 Å². The van der Waals surface area contributed by atoms with Gasteiger partial charge < -0.3 is 5.32 Å². The van der Waals surface area contributed by atoms with E-state index in [0.717, 1.165) is 29.2 Å². The number of carbonyl (C=O) groups excluding carboxylic acids is 1. The Labute approximate surface area is 146 Å². The first-order valence-corrected chi connectivity index (χ1v) is 8.59. The fourth-order valence-corrected chi connectivity index (χ4v) is 3.03. The van der Waals surface area contributed by atoms with Gasteiger partial charge in [-0.25, -0.2) is 0 Å². The van der Waals surface area contributed by atoms with E-state index in [1.165, 1.54) is 12.4 Å². The molecule has 1 fully saturated rings. The van der Waals surface area contributed by atoms with E-state index in [2.05, 4.69) is 20.5 Å². The van der Waals surface area contributed by atoms with Gasteiger partial charge >= 0.3 is 6.18 Å². The third-order valence-electron chi connectivity index (χ3n) is 3.57. The van der Waals surface area contributed by atoms with Crippen molar-refractivity contribution in [1.29, 1.82) is 0 Å². The third kappa shape index (κ3) is 4.71. The Kier molecular flexibility index (Phi) is 4.98. The zero-order valence-corrected chi connectivity index (χ0v) is 14.1. The number of pyridine rings is 1. The molecule has 2 heterocycles. The number of rotatable bonds is 6. The second kappa shape index (κ2) is 7.03. The summed E-state index contributed by atoms with van der Waals surface area (Å²) in [4.78, 5) is 15.9. The molecule has 3 rings (SSSR count). The molecule has 0 saturated heterocycles. The van der Waals surface area contributed by atoms with Gasteiger partial charge in [-0.15, -0.1) is 10.2 Å². The molecule has 134 valence electrons. The Morgan fingerprint density at radius 3 is 2.64 bits per heavy atom. The Bertz CT molecular complexity index is 745. The maximum Gasteiger partial charge on any atom is 0.406 e. The minimum absolute atomic E-state index is 0.0579. The van der Waals surface area contributed by atoms with Gasteiger partial charge in [-0.2, -0.15) is 13.2 Å². The van der Waals surface area contributed by atoms with E-state index in [-0.39, 0.29) is 22.9 Å². The third-order valence-corrected chi connectivity index (χ3v) is 4.65. The number of alkyl halides is 3. The van der Waals surface area contributed by atoms with Crippen LogP contribution in [0, 0.1) is 0 Å². The van der Waals surface area contributed by atoms with Crippen molar-refractivity contribution in [2.45, 2.75) is 48.9 Å². The van der Waals surface area contributed by atoms with Crippen LogP contribution in [0.2, 0.25) is 0 Å². The van der Waals surface area contributed by atoms with Crippen LogP contribution in [-0.2, 0) is 11.3 Å². The predicted octanol–water partition coefficient (Wildman–Crippen LogP) is 2.66. The van der Waals surface area contributed by atoms with Crippen LogP contribution in [0.4, 0.5) is 13.2 Å². The van der Waals surface area contributed by atoms with Crippen LogP contribution in [0.25, 0.3) is 11.4 Å². The van der Waals surface area contributed by atoms with Crippen LogP contribution in [0.3, 0.4) is 0 Å². The van der Waals surface area contributed by atoms with Crippen LogP contribution in [-0.4, -0.2) is 43.1 Å². The summed E-state index contributed by atoms with van der Waals surface area (Å²) in [6.45, 7) is 0.415. The largest absolute Gasteiger partial charge is 0.406 e. The number of carbonyl (C=O) groups is 1. The number of thioether (sulfide) groups is 1. The summed E-state index contributed by atoms with van der Waals surface area (Å²) in [5.41, 5.74) is 0.480. The van der Waals surface area contributed by atoms with Gasteiger partial charge in [-0.3, -0.25) is 14.3 Å². The fourth-order valence-electron chi connectivity index (χ4n) is 2.17. The number of hydrogen-bond donors (Lipinski definition) is 1. The average molecular weight is 371 g/mol. The molecule has 10 heteroatoms. The first kappa shape index (κ1) is 17.7. The van der Waals surface area contributed by atoms with Crippen molar-refractivity contribution in [3.63, 3.8) is 0 Å². The molecule has 6 nitrogen and oxygen atoms in total. The number of nitrogens with one attached hydrogen (secondary N) is 1. The molecule has 0 spiro atoms. The molecule has 1 N–H and O–H groups in total. The summed E-state index contributed by atoms with van der Waals surface area (Å²) in [5.74, 6) is -0.114. The molecule has 1 atom stereocenters. The molecule has 1 saturated carbocycles. The van der Waals surface area contributed by atoms with Crippen LogP contribution < -0.4 is 5.32 Å². The van der Waals surface area contributed by atoms with E-state index < -0.39 is 18.0 Å². The number of halogens is 3. The highest BCUT2D eigenvalue weighted by molar-refractivity contribution is 8.00. The standard InChI is InChI=1S/C15H16F3N5OS/c1-9(13(24)20-11-2-3-11)25-14-22-21-12(10-4-6-19-7-5-10)23(14)8-15(16,17)18/h4-7,9,11H,2-3,8H2,1H3,(H,20,24)/t9-/m0/s1. The second-order valence-electron chi connectivity index (χ2n) is 5.79. The molecule has 1 amide bonds. The maximum absolute atomic E-state index is 13.0. The number of nitrogens with zero attached hydrogens (tertiary/aromatic N) is 4. The van der Waals surface area contributed by atoms with Gasteiger partial charge in [0.05, 0.1) is 5.25 Å². The SMILES string of the molecule is C[C@H](Sc1nnc(-c2ccncc2)n1CC(F)(F)F)C(=O)NC1CC1. The van der Waals surface area contributed by atoms with Crippen LogP contribution in [0.15, 0.2) is 29.7 Å². The lowest BCUT2D eigenvalue weighted by Gasteiger charge is -2.15. The van der Waals surface area contributed by atoms with Crippen molar-refractivity contribution in [1.82, 2.24) is 25.1 Å². The highest BCUT2D eigenvalue weighted by Gasteiger charge is 2.33. The molecule has 1 aliphatic rings. The lowest BCUT2D eigenvalue weighted by atomic mass is 10.2. The molecule has 1 aliphatic carbocycles. The normalized spacial score (nSPS) is 15.8. The molecular formula is C15H16F3N5OS. The molecule has 0 aliphatic heterocycles. The summed E-state index contributed by atoms with van der Waals surface area (Å²) in [6.07, 6.45) is 0.402. The van der Waals surface area contributed by atoms with Crippen molar-refractivity contribution < 1.29 is 18.0 Å². The van der Waals surface area contributed by atoms with Crippen LogP contribution in [0.1, 0.15) is 19.8 Å². The zero-order chi connectivity index (χ0) is 18.0.